The molecule has 0 atom stereocenters. The maximum atomic E-state index is 12.1. The molecule has 0 bridgehead atoms. The van der Waals surface area contributed by atoms with Gasteiger partial charge in [0.15, 0.2) is 0 Å². The fourth-order valence-corrected chi connectivity index (χ4v) is 2.77. The van der Waals surface area contributed by atoms with Crippen LogP contribution < -0.4 is 4.72 Å². The van der Waals surface area contributed by atoms with E-state index in [-0.39, 0.29) is 11.4 Å². The molecule has 0 saturated carbocycles. The first-order valence-corrected chi connectivity index (χ1v) is 7.99. The lowest BCUT2D eigenvalue weighted by Gasteiger charge is -2.03. The lowest BCUT2D eigenvalue weighted by atomic mass is 10.3. The van der Waals surface area contributed by atoms with Gasteiger partial charge in [-0.25, -0.2) is 13.1 Å². The molecule has 0 saturated heterocycles. The van der Waals surface area contributed by atoms with E-state index in [1.54, 1.807) is 9.36 Å². The zero-order valence-electron chi connectivity index (χ0n) is 11.9. The smallest absolute Gasteiger partial charge is 0.243 e. The van der Waals surface area contributed by atoms with Crippen molar-refractivity contribution >= 4 is 10.0 Å². The zero-order valence-corrected chi connectivity index (χ0v) is 12.7. The third-order valence-corrected chi connectivity index (χ3v) is 4.42. The quantitative estimate of drug-likeness (QED) is 0.859. The Morgan fingerprint density at radius 3 is 2.45 bits per heavy atom. The number of aryl methyl sites for hydroxylation is 3. The minimum Gasteiger partial charge on any atom is -0.272 e. The first-order chi connectivity index (χ1) is 9.46. The predicted molar refractivity (Wildman–Crippen MR) is 74.6 cm³/mol. The van der Waals surface area contributed by atoms with E-state index in [2.05, 4.69) is 14.9 Å². The van der Waals surface area contributed by atoms with E-state index < -0.39 is 10.0 Å². The second-order valence-corrected chi connectivity index (χ2v) is 6.22. The van der Waals surface area contributed by atoms with Gasteiger partial charge in [-0.3, -0.25) is 9.36 Å². The minimum atomic E-state index is -3.53. The second-order valence-electron chi connectivity index (χ2n) is 4.45. The number of aromatic nitrogens is 4. The van der Waals surface area contributed by atoms with Crippen molar-refractivity contribution in [3.8, 4) is 0 Å². The molecule has 0 spiro atoms. The molecule has 0 aliphatic carbocycles. The van der Waals surface area contributed by atoms with Crippen LogP contribution in [0.25, 0.3) is 0 Å². The summed E-state index contributed by atoms with van der Waals surface area (Å²) in [4.78, 5) is 0.180. The van der Waals surface area contributed by atoms with Crippen molar-refractivity contribution in [2.45, 2.75) is 45.3 Å². The summed E-state index contributed by atoms with van der Waals surface area (Å²) in [5.41, 5.74) is 1.71. The van der Waals surface area contributed by atoms with E-state index >= 15 is 0 Å². The third-order valence-electron chi connectivity index (χ3n) is 3.07. The topological polar surface area (TPSA) is 81.8 Å². The number of hydrogen-bond donors (Lipinski definition) is 1. The van der Waals surface area contributed by atoms with Gasteiger partial charge in [0.05, 0.1) is 11.9 Å². The molecule has 0 aliphatic rings. The molecule has 1 N–H and O–H groups in total. The van der Waals surface area contributed by atoms with Gasteiger partial charge in [0.1, 0.15) is 4.90 Å². The van der Waals surface area contributed by atoms with Crippen LogP contribution in [0, 0.1) is 6.92 Å². The van der Waals surface area contributed by atoms with Crippen molar-refractivity contribution in [3.05, 3.63) is 29.8 Å². The molecule has 0 fully saturated rings. The molecular formula is C12H19N5O2S. The van der Waals surface area contributed by atoms with E-state index in [0.717, 1.165) is 17.8 Å². The first kappa shape index (κ1) is 14.7. The molecule has 20 heavy (non-hydrogen) atoms. The highest BCUT2D eigenvalue weighted by atomic mass is 32.2. The van der Waals surface area contributed by atoms with E-state index in [4.69, 9.17) is 0 Å². The summed E-state index contributed by atoms with van der Waals surface area (Å²) in [6, 6.07) is 0. The fraction of sp³-hybridized carbons (Fsp3) is 0.500. The first-order valence-electron chi connectivity index (χ1n) is 6.51. The highest BCUT2D eigenvalue weighted by Gasteiger charge is 2.17. The van der Waals surface area contributed by atoms with Crippen molar-refractivity contribution in [3.63, 3.8) is 0 Å². The highest BCUT2D eigenvalue weighted by Crippen LogP contribution is 2.10. The summed E-state index contributed by atoms with van der Waals surface area (Å²) >= 11 is 0. The largest absolute Gasteiger partial charge is 0.272 e. The molecule has 2 rings (SSSR count). The van der Waals surface area contributed by atoms with Gasteiger partial charge in [-0.15, -0.1) is 0 Å². The van der Waals surface area contributed by atoms with Crippen LogP contribution in [0.2, 0.25) is 0 Å². The lowest BCUT2D eigenvalue weighted by molar-refractivity contribution is 0.580. The van der Waals surface area contributed by atoms with Crippen LogP contribution in [-0.4, -0.2) is 28.0 Å². The Balaban J connectivity index is 2.10. The van der Waals surface area contributed by atoms with Gasteiger partial charge in [0, 0.05) is 37.6 Å². The Morgan fingerprint density at radius 1 is 1.20 bits per heavy atom. The minimum absolute atomic E-state index is 0.180. The Bertz CT molecular complexity index is 687. The molecule has 2 aromatic heterocycles. The van der Waals surface area contributed by atoms with E-state index in [9.17, 15) is 8.42 Å². The van der Waals surface area contributed by atoms with E-state index in [1.807, 2.05) is 27.0 Å². The van der Waals surface area contributed by atoms with Gasteiger partial charge < -0.3 is 0 Å². The van der Waals surface area contributed by atoms with Crippen molar-refractivity contribution in [2.24, 2.45) is 0 Å². The van der Waals surface area contributed by atoms with Gasteiger partial charge in [0.2, 0.25) is 10.0 Å². The normalized spacial score (nSPS) is 11.9. The van der Waals surface area contributed by atoms with Crippen LogP contribution >= 0.6 is 0 Å². The summed E-state index contributed by atoms with van der Waals surface area (Å²) < 4.78 is 30.2. The van der Waals surface area contributed by atoms with Crippen LogP contribution in [0.5, 0.6) is 0 Å². The molecule has 2 aromatic rings. The number of hydrogen-bond acceptors (Lipinski definition) is 4. The molecule has 2 heterocycles. The standard InChI is InChI=1S/C12H19N5O2S/c1-4-16-9-12(7-13-16)20(18,19)14-6-11-8-17(5-2)15-10(11)3/h7-9,14H,4-6H2,1-3H3. The average molecular weight is 297 g/mol. The van der Waals surface area contributed by atoms with Gasteiger partial charge >= 0.3 is 0 Å². The summed E-state index contributed by atoms with van der Waals surface area (Å²) in [6.07, 6.45) is 4.73. The summed E-state index contributed by atoms with van der Waals surface area (Å²) in [6.45, 7) is 7.38. The summed E-state index contributed by atoms with van der Waals surface area (Å²) in [5, 5.41) is 8.26. The van der Waals surface area contributed by atoms with Crippen LogP contribution in [0.15, 0.2) is 23.5 Å². The molecule has 0 unspecified atom stereocenters. The zero-order chi connectivity index (χ0) is 14.8. The fourth-order valence-electron chi connectivity index (χ4n) is 1.81. The molecular weight excluding hydrogens is 278 g/mol. The Morgan fingerprint density at radius 2 is 1.90 bits per heavy atom. The van der Waals surface area contributed by atoms with Crippen LogP contribution in [0.4, 0.5) is 0 Å². The molecule has 110 valence electrons. The molecule has 0 aliphatic heterocycles. The Hall–Kier alpha value is -1.67. The van der Waals surface area contributed by atoms with Crippen molar-refractivity contribution in [1.82, 2.24) is 24.3 Å². The number of nitrogens with zero attached hydrogens (tertiary/aromatic N) is 4. The number of nitrogens with one attached hydrogen (secondary N) is 1. The second kappa shape index (κ2) is 5.76. The number of sulfonamides is 1. The van der Waals surface area contributed by atoms with Crippen LogP contribution in [-0.2, 0) is 29.7 Å². The molecule has 0 amide bonds. The summed E-state index contributed by atoms with van der Waals surface area (Å²) in [7, 11) is -3.53. The molecule has 0 radical (unpaired) electrons. The summed E-state index contributed by atoms with van der Waals surface area (Å²) in [5.74, 6) is 0. The highest BCUT2D eigenvalue weighted by molar-refractivity contribution is 7.89. The Kier molecular flexibility index (Phi) is 4.24. The van der Waals surface area contributed by atoms with Crippen LogP contribution in [0.3, 0.4) is 0 Å². The van der Waals surface area contributed by atoms with Crippen molar-refractivity contribution in [1.29, 1.82) is 0 Å². The third kappa shape index (κ3) is 3.07. The van der Waals surface area contributed by atoms with Crippen LogP contribution in [0.1, 0.15) is 25.1 Å². The van der Waals surface area contributed by atoms with Gasteiger partial charge in [-0.1, -0.05) is 0 Å². The Labute approximate surface area is 118 Å². The predicted octanol–water partition coefficient (Wildman–Crippen LogP) is 0.906. The molecule has 0 aromatic carbocycles. The number of rotatable bonds is 6. The maximum absolute atomic E-state index is 12.1. The van der Waals surface area contributed by atoms with Gasteiger partial charge in [-0.2, -0.15) is 10.2 Å². The average Bonchev–Trinajstić information content (AvgIpc) is 3.03. The SMILES string of the molecule is CCn1cc(S(=O)(=O)NCc2cn(CC)nc2C)cn1. The van der Waals surface area contributed by atoms with Crippen molar-refractivity contribution < 1.29 is 8.42 Å². The van der Waals surface area contributed by atoms with E-state index in [0.29, 0.717) is 6.54 Å². The lowest BCUT2D eigenvalue weighted by Crippen LogP contribution is -2.23. The van der Waals surface area contributed by atoms with Crippen molar-refractivity contribution in [2.75, 3.05) is 0 Å². The molecule has 7 nitrogen and oxygen atoms in total. The monoisotopic (exact) mass is 297 g/mol. The van der Waals surface area contributed by atoms with E-state index in [1.165, 1.54) is 12.4 Å². The van der Waals surface area contributed by atoms with Gasteiger partial charge in [0.25, 0.3) is 0 Å². The maximum Gasteiger partial charge on any atom is 0.243 e. The van der Waals surface area contributed by atoms with Gasteiger partial charge in [-0.05, 0) is 20.8 Å². The molecule has 8 heteroatoms.